The van der Waals surface area contributed by atoms with Crippen LogP contribution < -0.4 is 0 Å². The molecule has 0 aliphatic heterocycles. The number of thiocarbonyl (C=S) groups is 3. The highest BCUT2D eigenvalue weighted by Crippen LogP contribution is 2.17. The minimum absolute atomic E-state index is 0.154. The fourth-order valence-electron chi connectivity index (χ4n) is 0.975. The number of hydrogen-bond acceptors (Lipinski definition) is 6. The van der Waals surface area contributed by atoms with E-state index in [0.717, 1.165) is 6.07 Å². The van der Waals surface area contributed by atoms with Crippen molar-refractivity contribution in [1.29, 1.82) is 0 Å². The normalized spacial score (nSPS) is 8.00. The van der Waals surface area contributed by atoms with Gasteiger partial charge in [0.15, 0.2) is 0 Å². The van der Waals surface area contributed by atoms with Crippen LogP contribution in [0, 0.1) is 0 Å². The molecule has 0 radical (unpaired) electrons. The third kappa shape index (κ3) is 5.49. The molecule has 0 heterocycles. The molecule has 0 unspecified atom stereocenters. The highest BCUT2D eigenvalue weighted by atomic mass is 32.1. The van der Waals surface area contributed by atoms with Gasteiger partial charge in [-0.2, -0.15) is 4.99 Å². The topological polar surface area (TPSA) is 87.0 Å². The van der Waals surface area contributed by atoms with Gasteiger partial charge in [-0.1, -0.05) is 0 Å². The maximum atomic E-state index is 10.7. The third-order valence-corrected chi connectivity index (χ3v) is 1.68. The van der Waals surface area contributed by atoms with Crippen LogP contribution in [0.2, 0.25) is 0 Å². The first-order valence-corrected chi connectivity index (χ1v) is 5.37. The summed E-state index contributed by atoms with van der Waals surface area (Å²) in [5.41, 5.74) is -0.153. The Bertz CT molecular complexity index is 496. The molecule has 1 aromatic rings. The number of benzene rings is 1. The molecule has 0 aromatic heterocycles. The summed E-state index contributed by atoms with van der Waals surface area (Å²) >= 11 is 12.3. The standard InChI is InChI=1S/C9H5NO4S.CS2/c11-8(12)5-1-6(9(13)14)3-7(2-5)10-4-15;2-1-3/h1-3H,(H,11,12)(H,13,14);. The Morgan fingerprint density at radius 3 is 1.67 bits per heavy atom. The van der Waals surface area contributed by atoms with E-state index in [0.29, 0.717) is 0 Å². The molecule has 0 aliphatic carbocycles. The number of carboxylic acid groups (broad SMARTS) is 2. The van der Waals surface area contributed by atoms with Crippen molar-refractivity contribution in [2.45, 2.75) is 0 Å². The molecule has 0 bridgehead atoms. The quantitative estimate of drug-likeness (QED) is 0.655. The molecule has 1 rings (SSSR count). The maximum absolute atomic E-state index is 10.7. The predicted octanol–water partition coefficient (Wildman–Crippen LogP) is 2.84. The Morgan fingerprint density at radius 1 is 1.00 bits per heavy atom. The fraction of sp³-hybridized carbons (Fsp3) is 0. The molecule has 0 saturated heterocycles. The average Bonchev–Trinajstić information content (AvgIpc) is 2.30. The number of isothiocyanates is 1. The molecule has 5 nitrogen and oxygen atoms in total. The lowest BCUT2D eigenvalue weighted by Crippen LogP contribution is -2.01. The summed E-state index contributed by atoms with van der Waals surface area (Å²) in [6.45, 7) is 0. The van der Waals surface area contributed by atoms with Gasteiger partial charge >= 0.3 is 11.9 Å². The van der Waals surface area contributed by atoms with Crippen molar-refractivity contribution in [3.8, 4) is 0 Å². The Morgan fingerprint density at radius 2 is 1.39 bits per heavy atom. The third-order valence-electron chi connectivity index (χ3n) is 1.59. The smallest absolute Gasteiger partial charge is 0.335 e. The zero-order valence-electron chi connectivity index (χ0n) is 8.61. The summed E-state index contributed by atoms with van der Waals surface area (Å²) in [7, 11) is 0. The SMILES string of the molecule is O=C(O)c1cc(N=C=S)cc(C(=O)O)c1.S=C=S. The summed E-state index contributed by atoms with van der Waals surface area (Å²) in [5, 5.41) is 19.4. The lowest BCUT2D eigenvalue weighted by Gasteiger charge is -1.99. The van der Waals surface area contributed by atoms with Crippen LogP contribution in [0.4, 0.5) is 5.69 Å². The van der Waals surface area contributed by atoms with E-state index in [-0.39, 0.29) is 16.8 Å². The molecule has 1 aromatic carbocycles. The van der Waals surface area contributed by atoms with Gasteiger partial charge in [0.2, 0.25) is 0 Å². The molecule has 0 atom stereocenters. The molecular formula is C10H5NO4S3. The number of carboxylic acids is 2. The van der Waals surface area contributed by atoms with Crippen LogP contribution in [-0.2, 0) is 0 Å². The number of aliphatic imine (C=N–C) groups is 1. The monoisotopic (exact) mass is 299 g/mol. The Kier molecular flexibility index (Phi) is 7.46. The predicted molar refractivity (Wildman–Crippen MR) is 75.2 cm³/mol. The van der Waals surface area contributed by atoms with Crippen LogP contribution in [0.5, 0.6) is 0 Å². The molecule has 0 saturated carbocycles. The van der Waals surface area contributed by atoms with E-state index in [1.807, 2.05) is 9.48 Å². The van der Waals surface area contributed by atoms with Crippen LogP contribution in [0.25, 0.3) is 0 Å². The van der Waals surface area contributed by atoms with E-state index in [1.165, 1.54) is 12.1 Å². The molecule has 8 heteroatoms. The van der Waals surface area contributed by atoms with E-state index in [9.17, 15) is 9.59 Å². The Hall–Kier alpha value is -1.82. The van der Waals surface area contributed by atoms with E-state index < -0.39 is 11.9 Å². The van der Waals surface area contributed by atoms with E-state index in [4.69, 9.17) is 10.2 Å². The zero-order chi connectivity index (χ0) is 14.1. The highest BCUT2D eigenvalue weighted by molar-refractivity contribution is 7.93. The molecule has 2 N–H and O–H groups in total. The van der Waals surface area contributed by atoms with Gasteiger partial charge in [-0.25, -0.2) is 9.59 Å². The van der Waals surface area contributed by atoms with Gasteiger partial charge in [-0.05, 0) is 54.9 Å². The number of aromatic carboxylic acids is 2. The molecule has 18 heavy (non-hydrogen) atoms. The summed E-state index contributed by atoms with van der Waals surface area (Å²) in [5.74, 6) is -2.45. The second-order valence-corrected chi connectivity index (χ2v) is 3.51. The van der Waals surface area contributed by atoms with Gasteiger partial charge in [0.25, 0.3) is 0 Å². The molecule has 0 amide bonds. The first-order chi connectivity index (χ1) is 8.46. The summed E-state index contributed by atoms with van der Waals surface area (Å²) in [6.07, 6.45) is 0. The van der Waals surface area contributed by atoms with Crippen molar-refractivity contribution in [3.63, 3.8) is 0 Å². The Labute approximate surface area is 118 Å². The van der Waals surface area contributed by atoms with Crippen LogP contribution >= 0.6 is 36.7 Å². The van der Waals surface area contributed by atoms with Gasteiger partial charge in [0, 0.05) is 4.31 Å². The minimum atomic E-state index is -1.22. The largest absolute Gasteiger partial charge is 0.478 e. The first-order valence-electron chi connectivity index (χ1n) is 4.15. The number of rotatable bonds is 3. The van der Waals surface area contributed by atoms with E-state index in [2.05, 4.69) is 41.6 Å². The first kappa shape index (κ1) is 16.2. The van der Waals surface area contributed by atoms with Crippen LogP contribution in [-0.4, -0.2) is 31.6 Å². The summed E-state index contributed by atoms with van der Waals surface area (Å²) in [6, 6.07) is 3.48. The lowest BCUT2D eigenvalue weighted by molar-refractivity contribution is 0.0696. The van der Waals surface area contributed by atoms with Gasteiger partial charge in [0.05, 0.1) is 22.0 Å². The molecule has 0 aliphatic rings. The maximum Gasteiger partial charge on any atom is 0.335 e. The van der Waals surface area contributed by atoms with Crippen molar-refractivity contribution >= 4 is 63.8 Å². The van der Waals surface area contributed by atoms with Gasteiger partial charge in [-0.3, -0.25) is 0 Å². The number of carbonyl (C=O) groups is 2. The van der Waals surface area contributed by atoms with E-state index >= 15 is 0 Å². The van der Waals surface area contributed by atoms with E-state index in [1.54, 1.807) is 0 Å². The summed E-state index contributed by atoms with van der Waals surface area (Å²) in [4.78, 5) is 24.8. The lowest BCUT2D eigenvalue weighted by atomic mass is 10.1. The second kappa shape index (κ2) is 8.30. The number of hydrogen-bond donors (Lipinski definition) is 2. The average molecular weight is 299 g/mol. The van der Waals surface area contributed by atoms with Gasteiger partial charge < -0.3 is 10.2 Å². The number of nitrogens with zero attached hydrogens (tertiary/aromatic N) is 1. The second-order valence-electron chi connectivity index (χ2n) is 2.67. The van der Waals surface area contributed by atoms with Crippen LogP contribution in [0.3, 0.4) is 0 Å². The fourth-order valence-corrected chi connectivity index (χ4v) is 1.08. The molecule has 92 valence electrons. The van der Waals surface area contributed by atoms with Crippen LogP contribution in [0.1, 0.15) is 20.7 Å². The van der Waals surface area contributed by atoms with Gasteiger partial charge in [-0.15, -0.1) is 0 Å². The minimum Gasteiger partial charge on any atom is -0.478 e. The molecular weight excluding hydrogens is 294 g/mol. The zero-order valence-corrected chi connectivity index (χ0v) is 11.1. The molecule has 0 spiro atoms. The highest BCUT2D eigenvalue weighted by Gasteiger charge is 2.10. The van der Waals surface area contributed by atoms with Crippen molar-refractivity contribution in [3.05, 3.63) is 29.3 Å². The van der Waals surface area contributed by atoms with Crippen molar-refractivity contribution < 1.29 is 19.8 Å². The van der Waals surface area contributed by atoms with Crippen molar-refractivity contribution in [1.82, 2.24) is 0 Å². The Balaban J connectivity index is 0.000000873. The van der Waals surface area contributed by atoms with Crippen molar-refractivity contribution in [2.24, 2.45) is 4.99 Å². The summed E-state index contributed by atoms with van der Waals surface area (Å²) < 4.78 is 1.92. The van der Waals surface area contributed by atoms with Crippen molar-refractivity contribution in [2.75, 3.05) is 0 Å². The van der Waals surface area contributed by atoms with Crippen LogP contribution in [0.15, 0.2) is 23.2 Å². The molecule has 0 fully saturated rings. The van der Waals surface area contributed by atoms with Gasteiger partial charge in [0.1, 0.15) is 0 Å².